The summed E-state index contributed by atoms with van der Waals surface area (Å²) in [6, 6.07) is 7.63. The van der Waals surface area contributed by atoms with Gasteiger partial charge >= 0.3 is 11.8 Å². The Bertz CT molecular complexity index is 1240. The zero-order valence-corrected chi connectivity index (χ0v) is 18.5. The second-order valence-corrected chi connectivity index (χ2v) is 10.1. The Morgan fingerprint density at radius 2 is 1.81 bits per heavy atom. The van der Waals surface area contributed by atoms with Crippen molar-refractivity contribution in [3.05, 3.63) is 46.7 Å². The van der Waals surface area contributed by atoms with E-state index in [9.17, 15) is 18.0 Å². The standard InChI is InChI=1S/C20H20N4O5S2/c1-12(25)14-5-7-15(8-6-14)23-31(27,28)17-11-16(30-13(17)2)18-21-22-19(29-18)20(26)24-9-3-4-10-24/h5-8,11,23H,3-4,9-10H2,1-2H3. The predicted molar refractivity (Wildman–Crippen MR) is 115 cm³/mol. The number of amides is 1. The number of nitrogens with zero attached hydrogens (tertiary/aromatic N) is 3. The maximum atomic E-state index is 12.9. The summed E-state index contributed by atoms with van der Waals surface area (Å²) in [5, 5.41) is 7.76. The molecule has 1 N–H and O–H groups in total. The van der Waals surface area contributed by atoms with Gasteiger partial charge < -0.3 is 9.32 Å². The highest BCUT2D eigenvalue weighted by atomic mass is 32.2. The number of nitrogens with one attached hydrogen (secondary N) is 1. The van der Waals surface area contributed by atoms with Crippen LogP contribution in [-0.2, 0) is 10.0 Å². The van der Waals surface area contributed by atoms with Gasteiger partial charge in [-0.15, -0.1) is 21.5 Å². The molecule has 0 radical (unpaired) electrons. The number of thiophene rings is 1. The summed E-state index contributed by atoms with van der Waals surface area (Å²) in [5.41, 5.74) is 0.834. The fraction of sp³-hybridized carbons (Fsp3) is 0.300. The summed E-state index contributed by atoms with van der Waals surface area (Å²) < 4.78 is 33.8. The Hall–Kier alpha value is -3.05. The van der Waals surface area contributed by atoms with Crippen LogP contribution in [0.5, 0.6) is 0 Å². The molecule has 1 aromatic carbocycles. The average molecular weight is 461 g/mol. The molecule has 1 amide bonds. The van der Waals surface area contributed by atoms with Crippen molar-refractivity contribution in [2.24, 2.45) is 0 Å². The fourth-order valence-corrected chi connectivity index (χ4v) is 5.86. The van der Waals surface area contributed by atoms with Gasteiger partial charge in [-0.2, -0.15) is 0 Å². The van der Waals surface area contributed by atoms with Gasteiger partial charge in [-0.25, -0.2) is 8.42 Å². The molecular formula is C20H20N4O5S2. The minimum atomic E-state index is -3.88. The first-order chi connectivity index (χ1) is 14.7. The lowest BCUT2D eigenvalue weighted by atomic mass is 10.1. The van der Waals surface area contributed by atoms with E-state index in [4.69, 9.17) is 4.42 Å². The van der Waals surface area contributed by atoms with Crippen molar-refractivity contribution in [3.63, 3.8) is 0 Å². The third kappa shape index (κ3) is 4.37. The Balaban J connectivity index is 1.55. The number of sulfonamides is 1. The van der Waals surface area contributed by atoms with Crippen LogP contribution in [0.2, 0.25) is 0 Å². The Kier molecular flexibility index (Phi) is 5.63. The summed E-state index contributed by atoms with van der Waals surface area (Å²) in [5.74, 6) is -0.415. The summed E-state index contributed by atoms with van der Waals surface area (Å²) >= 11 is 1.18. The predicted octanol–water partition coefficient (Wildman–Crippen LogP) is 3.35. The second-order valence-electron chi connectivity index (χ2n) is 7.18. The highest BCUT2D eigenvalue weighted by Gasteiger charge is 2.27. The van der Waals surface area contributed by atoms with E-state index in [1.54, 1.807) is 24.0 Å². The molecule has 31 heavy (non-hydrogen) atoms. The van der Waals surface area contributed by atoms with Crippen LogP contribution in [0.1, 0.15) is 45.7 Å². The lowest BCUT2D eigenvalue weighted by Gasteiger charge is -2.11. The molecular weight excluding hydrogens is 440 g/mol. The van der Waals surface area contributed by atoms with Crippen LogP contribution in [-0.4, -0.2) is 48.3 Å². The number of ketones is 1. The Labute approximate surface area is 183 Å². The van der Waals surface area contributed by atoms with Crippen LogP contribution >= 0.6 is 11.3 Å². The summed E-state index contributed by atoms with van der Waals surface area (Å²) in [6.07, 6.45) is 1.89. The summed E-state index contributed by atoms with van der Waals surface area (Å²) in [6.45, 7) is 4.44. The van der Waals surface area contributed by atoms with Crippen molar-refractivity contribution in [1.29, 1.82) is 0 Å². The highest BCUT2D eigenvalue weighted by molar-refractivity contribution is 7.93. The zero-order valence-electron chi connectivity index (χ0n) is 16.9. The van der Waals surface area contributed by atoms with Crippen molar-refractivity contribution >= 4 is 38.7 Å². The Morgan fingerprint density at radius 3 is 2.45 bits per heavy atom. The van der Waals surface area contributed by atoms with Crippen LogP contribution in [0.25, 0.3) is 10.8 Å². The third-order valence-electron chi connectivity index (χ3n) is 4.92. The molecule has 4 rings (SSSR count). The SMILES string of the molecule is CC(=O)c1ccc(NS(=O)(=O)c2cc(-c3nnc(C(=O)N4CCCC4)o3)sc2C)cc1. The first kappa shape index (κ1) is 21.2. The molecule has 0 unspecified atom stereocenters. The molecule has 2 aromatic heterocycles. The molecule has 1 saturated heterocycles. The molecule has 11 heteroatoms. The third-order valence-corrected chi connectivity index (χ3v) is 7.59. The van der Waals surface area contributed by atoms with Crippen LogP contribution < -0.4 is 4.72 Å². The van der Waals surface area contributed by atoms with Crippen molar-refractivity contribution < 1.29 is 22.4 Å². The minimum absolute atomic E-state index is 0.0776. The van der Waals surface area contributed by atoms with Gasteiger partial charge in [-0.1, -0.05) is 0 Å². The van der Waals surface area contributed by atoms with E-state index in [2.05, 4.69) is 14.9 Å². The lowest BCUT2D eigenvalue weighted by Crippen LogP contribution is -2.27. The number of carbonyl (C=O) groups is 2. The molecule has 3 heterocycles. The van der Waals surface area contributed by atoms with Crippen molar-refractivity contribution in [3.8, 4) is 10.8 Å². The van der Waals surface area contributed by atoms with Crippen molar-refractivity contribution in [2.75, 3.05) is 17.8 Å². The van der Waals surface area contributed by atoms with Gasteiger partial charge in [0.15, 0.2) is 5.78 Å². The Morgan fingerprint density at radius 1 is 1.13 bits per heavy atom. The van der Waals surface area contributed by atoms with Crippen LogP contribution in [0.15, 0.2) is 39.6 Å². The number of Topliss-reactive ketones (excluding diaryl/α,β-unsaturated/α-hetero) is 1. The highest BCUT2D eigenvalue weighted by Crippen LogP contribution is 2.34. The summed E-state index contributed by atoms with van der Waals surface area (Å²) in [4.78, 5) is 26.5. The van der Waals surface area contributed by atoms with Crippen molar-refractivity contribution in [2.45, 2.75) is 31.6 Å². The van der Waals surface area contributed by atoms with E-state index in [1.807, 2.05) is 0 Å². The first-order valence-corrected chi connectivity index (χ1v) is 11.9. The smallest absolute Gasteiger partial charge is 0.311 e. The second kappa shape index (κ2) is 8.23. The molecule has 1 aliphatic heterocycles. The molecule has 3 aromatic rings. The van der Waals surface area contributed by atoms with Gasteiger partial charge in [0.2, 0.25) is 0 Å². The maximum absolute atomic E-state index is 12.9. The number of hydrogen-bond donors (Lipinski definition) is 1. The van der Waals surface area contributed by atoms with Gasteiger partial charge in [0, 0.05) is 29.2 Å². The number of benzene rings is 1. The number of carbonyl (C=O) groups excluding carboxylic acids is 2. The van der Waals surface area contributed by atoms with Crippen molar-refractivity contribution in [1.82, 2.24) is 15.1 Å². The first-order valence-electron chi connectivity index (χ1n) is 9.62. The zero-order chi connectivity index (χ0) is 22.2. The fourth-order valence-electron chi connectivity index (χ4n) is 3.29. The number of likely N-dealkylation sites (tertiary alicyclic amines) is 1. The summed E-state index contributed by atoms with van der Waals surface area (Å²) in [7, 11) is -3.88. The monoisotopic (exact) mass is 460 g/mol. The quantitative estimate of drug-likeness (QED) is 0.560. The van der Waals surface area contributed by atoms with Crippen LogP contribution in [0.4, 0.5) is 5.69 Å². The van der Waals surface area contributed by atoms with Crippen LogP contribution in [0, 0.1) is 6.92 Å². The number of rotatable bonds is 6. The van der Waals surface area contributed by atoms with Crippen LogP contribution in [0.3, 0.4) is 0 Å². The number of aryl methyl sites for hydroxylation is 1. The lowest BCUT2D eigenvalue weighted by molar-refractivity contribution is 0.0753. The molecule has 0 spiro atoms. The van der Waals surface area contributed by atoms with Gasteiger partial charge in [0.05, 0.1) is 4.88 Å². The van der Waals surface area contributed by atoms with E-state index >= 15 is 0 Å². The minimum Gasteiger partial charge on any atom is -0.411 e. The average Bonchev–Trinajstić information content (AvgIpc) is 3.48. The number of anilines is 1. The van der Waals surface area contributed by atoms with Gasteiger partial charge in [-0.05, 0) is 57.0 Å². The van der Waals surface area contributed by atoms with Gasteiger partial charge in [0.25, 0.3) is 15.9 Å². The van der Waals surface area contributed by atoms with E-state index < -0.39 is 10.0 Å². The topological polar surface area (TPSA) is 122 Å². The van der Waals surface area contributed by atoms with E-state index in [0.29, 0.717) is 34.1 Å². The largest absolute Gasteiger partial charge is 0.411 e. The molecule has 0 saturated carbocycles. The molecule has 0 atom stereocenters. The molecule has 1 aliphatic rings. The van der Waals surface area contributed by atoms with E-state index in [1.165, 1.54) is 36.5 Å². The molecule has 1 fully saturated rings. The molecule has 0 bridgehead atoms. The molecule has 162 valence electrons. The number of aromatic nitrogens is 2. The number of hydrogen-bond acceptors (Lipinski definition) is 8. The van der Waals surface area contributed by atoms with Gasteiger partial charge in [-0.3, -0.25) is 14.3 Å². The van der Waals surface area contributed by atoms with E-state index in [-0.39, 0.29) is 28.4 Å². The van der Waals surface area contributed by atoms with Gasteiger partial charge in [0.1, 0.15) is 4.90 Å². The molecule has 0 aliphatic carbocycles. The normalized spacial score (nSPS) is 14.1. The van der Waals surface area contributed by atoms with E-state index in [0.717, 1.165) is 12.8 Å². The maximum Gasteiger partial charge on any atom is 0.311 e. The molecule has 9 nitrogen and oxygen atoms in total.